The van der Waals surface area contributed by atoms with E-state index in [0.717, 1.165) is 22.6 Å². The number of hydrogen-bond acceptors (Lipinski definition) is 6. The van der Waals surface area contributed by atoms with Crippen LogP contribution in [0.4, 0.5) is 13.2 Å². The third kappa shape index (κ3) is 5.72. The van der Waals surface area contributed by atoms with Crippen LogP contribution in [0.1, 0.15) is 18.1 Å². The third-order valence-corrected chi connectivity index (χ3v) is 5.32. The quantitative estimate of drug-likeness (QED) is 0.368. The van der Waals surface area contributed by atoms with Crippen molar-refractivity contribution >= 4 is 17.7 Å². The lowest BCUT2D eigenvalue weighted by Crippen LogP contribution is -2.23. The molecule has 3 aromatic rings. The van der Waals surface area contributed by atoms with Crippen LogP contribution < -0.4 is 10.4 Å². The molecule has 2 aromatic carbocycles. The van der Waals surface area contributed by atoms with Crippen LogP contribution in [0, 0.1) is 6.92 Å². The van der Waals surface area contributed by atoms with Crippen molar-refractivity contribution in [1.82, 2.24) is 14.3 Å². The summed E-state index contributed by atoms with van der Waals surface area (Å²) in [6, 6.07) is 9.65. The van der Waals surface area contributed by atoms with Gasteiger partial charge in [-0.1, -0.05) is 0 Å². The van der Waals surface area contributed by atoms with E-state index in [1.807, 2.05) is 13.0 Å². The Kier molecular flexibility index (Phi) is 7.29. The molecule has 0 amide bonds. The fourth-order valence-electron chi connectivity index (χ4n) is 2.76. The molecule has 3 rings (SSSR count). The van der Waals surface area contributed by atoms with Gasteiger partial charge in [0.05, 0.1) is 23.7 Å². The van der Waals surface area contributed by atoms with E-state index in [2.05, 4.69) is 5.10 Å². The Morgan fingerprint density at radius 3 is 2.50 bits per heavy atom. The minimum absolute atomic E-state index is 0.183. The SMILES string of the molecule is CCOC(=O)COc1ccc(SCn2ncn(-c3ccc(C(F)(F)F)cc3)c2=O)cc1C. The number of thioether (sulfide) groups is 1. The van der Waals surface area contributed by atoms with Crippen LogP contribution in [0.5, 0.6) is 5.75 Å². The summed E-state index contributed by atoms with van der Waals surface area (Å²) in [5.41, 5.74) is -0.161. The first-order valence-electron chi connectivity index (χ1n) is 9.53. The summed E-state index contributed by atoms with van der Waals surface area (Å²) in [6.45, 7) is 3.64. The van der Waals surface area contributed by atoms with Crippen molar-refractivity contribution in [2.75, 3.05) is 13.2 Å². The molecule has 0 bridgehead atoms. The molecule has 0 aliphatic heterocycles. The third-order valence-electron chi connectivity index (χ3n) is 4.36. The largest absolute Gasteiger partial charge is 0.482 e. The molecule has 0 unspecified atom stereocenters. The molecule has 0 aliphatic carbocycles. The van der Waals surface area contributed by atoms with Crippen LogP contribution in [0.2, 0.25) is 0 Å². The fourth-order valence-corrected chi connectivity index (χ4v) is 3.64. The fraction of sp³-hybridized carbons (Fsp3) is 0.286. The monoisotopic (exact) mass is 467 g/mol. The summed E-state index contributed by atoms with van der Waals surface area (Å²) in [4.78, 5) is 24.8. The molecule has 0 saturated heterocycles. The maximum Gasteiger partial charge on any atom is 0.416 e. The lowest BCUT2D eigenvalue weighted by atomic mass is 10.2. The zero-order chi connectivity index (χ0) is 23.3. The average Bonchev–Trinajstić information content (AvgIpc) is 3.11. The van der Waals surface area contributed by atoms with Gasteiger partial charge < -0.3 is 9.47 Å². The number of ether oxygens (including phenoxy) is 2. The standard InChI is InChI=1S/C21H20F3N3O4S/c1-3-30-19(28)11-31-18-9-8-17(10-14(18)2)32-13-27-20(29)26(12-25-27)16-6-4-15(5-7-16)21(22,23)24/h4-10,12H,3,11,13H2,1-2H3. The van der Waals surface area contributed by atoms with E-state index in [-0.39, 0.29) is 24.8 Å². The molecule has 0 aliphatic rings. The number of hydrogen-bond donors (Lipinski definition) is 0. The molecule has 170 valence electrons. The molecule has 1 heterocycles. The van der Waals surface area contributed by atoms with Crippen molar-refractivity contribution < 1.29 is 27.4 Å². The normalized spacial score (nSPS) is 11.4. The van der Waals surface area contributed by atoms with Gasteiger partial charge in [0.1, 0.15) is 12.1 Å². The number of esters is 1. The van der Waals surface area contributed by atoms with Gasteiger partial charge in [-0.15, -0.1) is 11.8 Å². The summed E-state index contributed by atoms with van der Waals surface area (Å²) in [7, 11) is 0. The van der Waals surface area contributed by atoms with Gasteiger partial charge in [-0.3, -0.25) is 0 Å². The second kappa shape index (κ2) is 9.94. The van der Waals surface area contributed by atoms with Gasteiger partial charge in [-0.05, 0) is 61.9 Å². The summed E-state index contributed by atoms with van der Waals surface area (Å²) in [6.07, 6.45) is -3.18. The smallest absolute Gasteiger partial charge is 0.416 e. The predicted molar refractivity (Wildman–Crippen MR) is 112 cm³/mol. The van der Waals surface area contributed by atoms with Gasteiger partial charge in [-0.2, -0.15) is 18.3 Å². The highest BCUT2D eigenvalue weighted by molar-refractivity contribution is 7.98. The van der Waals surface area contributed by atoms with Crippen LogP contribution in [-0.2, 0) is 21.6 Å². The molecule has 11 heteroatoms. The van der Waals surface area contributed by atoms with E-state index in [9.17, 15) is 22.8 Å². The summed E-state index contributed by atoms with van der Waals surface area (Å²) < 4.78 is 50.8. The van der Waals surface area contributed by atoms with Gasteiger partial charge in [0, 0.05) is 4.90 Å². The van der Waals surface area contributed by atoms with Crippen molar-refractivity contribution in [3.63, 3.8) is 0 Å². The van der Waals surface area contributed by atoms with E-state index >= 15 is 0 Å². The van der Waals surface area contributed by atoms with Gasteiger partial charge in [-0.25, -0.2) is 18.8 Å². The van der Waals surface area contributed by atoms with Crippen LogP contribution >= 0.6 is 11.8 Å². The van der Waals surface area contributed by atoms with Crippen LogP contribution in [0.15, 0.2) is 58.5 Å². The number of benzene rings is 2. The van der Waals surface area contributed by atoms with Crippen LogP contribution in [-0.4, -0.2) is 33.5 Å². The molecule has 0 spiro atoms. The second-order valence-corrected chi connectivity index (χ2v) is 7.64. The molecule has 0 fully saturated rings. The highest BCUT2D eigenvalue weighted by Gasteiger charge is 2.30. The number of carbonyl (C=O) groups is 1. The Morgan fingerprint density at radius 2 is 1.88 bits per heavy atom. The number of carbonyl (C=O) groups excluding carboxylic acids is 1. The van der Waals surface area contributed by atoms with Crippen molar-refractivity contribution in [3.05, 3.63) is 70.4 Å². The number of halogens is 3. The van der Waals surface area contributed by atoms with E-state index in [0.29, 0.717) is 5.75 Å². The van der Waals surface area contributed by atoms with Crippen LogP contribution in [0.3, 0.4) is 0 Å². The molecular formula is C21H20F3N3O4S. The minimum atomic E-state index is -4.44. The molecule has 32 heavy (non-hydrogen) atoms. The average molecular weight is 467 g/mol. The van der Waals surface area contributed by atoms with Crippen molar-refractivity contribution in [1.29, 1.82) is 0 Å². The first kappa shape index (κ1) is 23.5. The predicted octanol–water partition coefficient (Wildman–Crippen LogP) is 4.05. The van der Waals surface area contributed by atoms with Gasteiger partial charge in [0.15, 0.2) is 6.61 Å². The Balaban J connectivity index is 1.64. The highest BCUT2D eigenvalue weighted by atomic mass is 32.2. The van der Waals surface area contributed by atoms with E-state index in [1.165, 1.54) is 39.5 Å². The van der Waals surface area contributed by atoms with E-state index < -0.39 is 23.4 Å². The summed E-state index contributed by atoms with van der Waals surface area (Å²) in [5, 5.41) is 4.03. The Bertz CT molecular complexity index is 1140. The van der Waals surface area contributed by atoms with Gasteiger partial charge in [0.25, 0.3) is 0 Å². The topological polar surface area (TPSA) is 75.3 Å². The number of aryl methyl sites for hydroxylation is 1. The number of rotatable bonds is 8. The lowest BCUT2D eigenvalue weighted by Gasteiger charge is -2.10. The maximum absolute atomic E-state index is 12.7. The van der Waals surface area contributed by atoms with Gasteiger partial charge >= 0.3 is 17.8 Å². The first-order chi connectivity index (χ1) is 15.2. The van der Waals surface area contributed by atoms with Crippen molar-refractivity contribution in [3.8, 4) is 11.4 Å². The Labute approximate surface area is 185 Å². The summed E-state index contributed by atoms with van der Waals surface area (Å²) in [5.74, 6) is 0.300. The highest BCUT2D eigenvalue weighted by Crippen LogP contribution is 2.29. The summed E-state index contributed by atoms with van der Waals surface area (Å²) >= 11 is 1.35. The van der Waals surface area contributed by atoms with Gasteiger partial charge in [0.2, 0.25) is 0 Å². The Hall–Kier alpha value is -3.21. The molecule has 0 saturated carbocycles. The minimum Gasteiger partial charge on any atom is -0.482 e. The molecule has 0 N–H and O–H groups in total. The number of aromatic nitrogens is 3. The van der Waals surface area contributed by atoms with Crippen molar-refractivity contribution in [2.45, 2.75) is 30.8 Å². The van der Waals surface area contributed by atoms with Crippen molar-refractivity contribution in [2.24, 2.45) is 0 Å². The molecule has 1 aromatic heterocycles. The lowest BCUT2D eigenvalue weighted by molar-refractivity contribution is -0.145. The van der Waals surface area contributed by atoms with Crippen LogP contribution in [0.25, 0.3) is 5.69 Å². The maximum atomic E-state index is 12.7. The second-order valence-electron chi connectivity index (χ2n) is 6.62. The van der Waals surface area contributed by atoms with E-state index in [1.54, 1.807) is 19.1 Å². The number of nitrogens with zero attached hydrogens (tertiary/aromatic N) is 3. The molecule has 0 atom stereocenters. The first-order valence-corrected chi connectivity index (χ1v) is 10.5. The molecular weight excluding hydrogens is 447 g/mol. The number of alkyl halides is 3. The zero-order valence-electron chi connectivity index (χ0n) is 17.3. The van der Waals surface area contributed by atoms with E-state index in [4.69, 9.17) is 9.47 Å². The zero-order valence-corrected chi connectivity index (χ0v) is 18.1. The Morgan fingerprint density at radius 1 is 1.16 bits per heavy atom. The molecule has 0 radical (unpaired) electrons. The molecule has 7 nitrogen and oxygen atoms in total.